The minimum absolute atomic E-state index is 0.0210. The maximum Gasteiger partial charge on any atom is 0.127 e. The second kappa shape index (κ2) is 10.3. The van der Waals surface area contributed by atoms with Crippen LogP contribution in [0.3, 0.4) is 0 Å². The minimum atomic E-state index is -0.0575. The molecule has 0 spiro atoms. The number of aliphatic hydroxyl groups is 2. The Morgan fingerprint density at radius 3 is 1.37 bits per heavy atom. The molecule has 1 aliphatic carbocycles. The van der Waals surface area contributed by atoms with Crippen molar-refractivity contribution < 1.29 is 19.7 Å². The van der Waals surface area contributed by atoms with Crippen LogP contribution in [0.25, 0.3) is 22.3 Å². The number of hydrogen-bond acceptors (Lipinski definition) is 4. The van der Waals surface area contributed by atoms with Gasteiger partial charge in [-0.2, -0.15) is 0 Å². The van der Waals surface area contributed by atoms with Gasteiger partial charge < -0.3 is 19.7 Å². The van der Waals surface area contributed by atoms with Crippen LogP contribution in [0.2, 0.25) is 0 Å². The third-order valence-corrected chi connectivity index (χ3v) is 6.68. The summed E-state index contributed by atoms with van der Waals surface area (Å²) < 4.78 is 11.8. The van der Waals surface area contributed by atoms with Gasteiger partial charge in [0.05, 0.1) is 13.2 Å². The van der Waals surface area contributed by atoms with Crippen LogP contribution in [0, 0.1) is 0 Å². The molecule has 0 amide bonds. The summed E-state index contributed by atoms with van der Waals surface area (Å²) in [4.78, 5) is 0. The first-order chi connectivity index (χ1) is 17.2. The van der Waals surface area contributed by atoms with Crippen LogP contribution in [-0.2, 0) is 5.41 Å². The number of hydrogen-bond donors (Lipinski definition) is 2. The van der Waals surface area contributed by atoms with Crippen molar-refractivity contribution in [2.45, 2.75) is 18.3 Å². The highest BCUT2D eigenvalue weighted by molar-refractivity contribution is 5.74. The summed E-state index contributed by atoms with van der Waals surface area (Å²) in [6, 6.07) is 33.4. The number of ether oxygens (including phenoxy) is 2. The van der Waals surface area contributed by atoms with E-state index in [4.69, 9.17) is 9.47 Å². The van der Waals surface area contributed by atoms with Crippen molar-refractivity contribution in [2.24, 2.45) is 0 Å². The third-order valence-electron chi connectivity index (χ3n) is 6.68. The van der Waals surface area contributed by atoms with Crippen LogP contribution in [0.1, 0.15) is 24.0 Å². The largest absolute Gasteiger partial charge is 0.491 e. The Bertz CT molecular complexity index is 1170. The molecule has 1 saturated carbocycles. The maximum atomic E-state index is 9.28. The van der Waals surface area contributed by atoms with E-state index in [9.17, 15) is 10.2 Å². The van der Waals surface area contributed by atoms with E-state index in [2.05, 4.69) is 48.5 Å². The molecule has 0 saturated heterocycles. The van der Waals surface area contributed by atoms with Gasteiger partial charge in [-0.3, -0.25) is 0 Å². The first-order valence-electron chi connectivity index (χ1n) is 12.1. The molecule has 35 heavy (non-hydrogen) atoms. The van der Waals surface area contributed by atoms with Gasteiger partial charge in [0.25, 0.3) is 0 Å². The predicted octanol–water partition coefficient (Wildman–Crippen LogP) is 5.84. The van der Waals surface area contributed by atoms with Crippen LogP contribution < -0.4 is 9.47 Å². The van der Waals surface area contributed by atoms with Gasteiger partial charge in [0.1, 0.15) is 24.7 Å². The molecule has 0 aromatic heterocycles. The van der Waals surface area contributed by atoms with Gasteiger partial charge in [0.2, 0.25) is 0 Å². The highest BCUT2D eigenvalue weighted by atomic mass is 16.5. The average Bonchev–Trinajstić information content (AvgIpc) is 3.74. The molecule has 4 heteroatoms. The first kappa shape index (κ1) is 23.2. The van der Waals surface area contributed by atoms with Gasteiger partial charge in [0.15, 0.2) is 0 Å². The highest BCUT2D eigenvalue weighted by Crippen LogP contribution is 2.55. The zero-order chi connectivity index (χ0) is 24.1. The summed E-state index contributed by atoms with van der Waals surface area (Å²) >= 11 is 0. The van der Waals surface area contributed by atoms with Crippen molar-refractivity contribution in [3.8, 4) is 33.8 Å². The summed E-state index contributed by atoms with van der Waals surface area (Å²) in [6.07, 6.45) is 2.15. The highest BCUT2D eigenvalue weighted by Gasteiger charge is 2.46. The van der Waals surface area contributed by atoms with E-state index in [0.717, 1.165) is 46.6 Å². The molecule has 4 nitrogen and oxygen atoms in total. The van der Waals surface area contributed by atoms with Crippen molar-refractivity contribution in [2.75, 3.05) is 26.4 Å². The molecule has 4 aromatic carbocycles. The van der Waals surface area contributed by atoms with E-state index < -0.39 is 0 Å². The van der Waals surface area contributed by atoms with Crippen LogP contribution in [0.15, 0.2) is 97.1 Å². The fraction of sp³-hybridized carbons (Fsp3) is 0.226. The lowest BCUT2D eigenvalue weighted by molar-refractivity contribution is 0.202. The van der Waals surface area contributed by atoms with Gasteiger partial charge >= 0.3 is 0 Å². The Morgan fingerprint density at radius 1 is 0.571 bits per heavy atom. The van der Waals surface area contributed by atoms with Crippen LogP contribution in [0.5, 0.6) is 11.5 Å². The summed E-state index contributed by atoms with van der Waals surface area (Å²) in [5, 5.41) is 18.6. The van der Waals surface area contributed by atoms with Crippen LogP contribution in [0.4, 0.5) is 0 Å². The van der Waals surface area contributed by atoms with Gasteiger partial charge in [-0.25, -0.2) is 0 Å². The fourth-order valence-corrected chi connectivity index (χ4v) is 4.77. The van der Waals surface area contributed by atoms with Crippen LogP contribution >= 0.6 is 0 Å². The average molecular weight is 467 g/mol. The normalized spacial score (nSPS) is 13.9. The number of aliphatic hydroxyl groups excluding tert-OH is 2. The van der Waals surface area contributed by atoms with E-state index in [0.29, 0.717) is 0 Å². The monoisotopic (exact) mass is 466 g/mol. The van der Waals surface area contributed by atoms with E-state index in [1.807, 2.05) is 48.5 Å². The molecule has 0 aliphatic heterocycles. The van der Waals surface area contributed by atoms with Gasteiger partial charge in [-0.05, 0) is 59.4 Å². The first-order valence-corrected chi connectivity index (χ1v) is 12.1. The zero-order valence-electron chi connectivity index (χ0n) is 19.7. The van der Waals surface area contributed by atoms with E-state index in [1.54, 1.807) is 0 Å². The van der Waals surface area contributed by atoms with Crippen molar-refractivity contribution >= 4 is 0 Å². The summed E-state index contributed by atoms with van der Waals surface area (Å²) in [6.45, 7) is 0.486. The van der Waals surface area contributed by atoms with Crippen LogP contribution in [-0.4, -0.2) is 36.6 Å². The van der Waals surface area contributed by atoms with E-state index >= 15 is 0 Å². The predicted molar refractivity (Wildman–Crippen MR) is 139 cm³/mol. The van der Waals surface area contributed by atoms with Gasteiger partial charge in [-0.1, -0.05) is 72.8 Å². The molecule has 0 atom stereocenters. The molecule has 2 N–H and O–H groups in total. The van der Waals surface area contributed by atoms with Crippen molar-refractivity contribution in [1.82, 2.24) is 0 Å². The molecule has 0 bridgehead atoms. The molecule has 1 aliphatic rings. The minimum Gasteiger partial charge on any atom is -0.491 e. The maximum absolute atomic E-state index is 9.28. The molecular formula is C31H30O4. The van der Waals surface area contributed by atoms with Crippen molar-refractivity contribution in [1.29, 1.82) is 0 Å². The second-order valence-corrected chi connectivity index (χ2v) is 8.88. The Hall–Kier alpha value is -3.60. The Morgan fingerprint density at radius 2 is 1.00 bits per heavy atom. The molecule has 0 heterocycles. The molecule has 1 fully saturated rings. The molecular weight excluding hydrogens is 436 g/mol. The van der Waals surface area contributed by atoms with Crippen molar-refractivity contribution in [3.05, 3.63) is 108 Å². The third kappa shape index (κ3) is 4.81. The molecule has 4 aromatic rings. The lowest BCUT2D eigenvalue weighted by atomic mass is 9.84. The lowest BCUT2D eigenvalue weighted by Crippen LogP contribution is -2.11. The standard InChI is InChI=1S/C31H30O4/c32-17-19-34-29-13-11-25(21-27(29)23-7-3-1-4-8-23)31(15-16-31)26-12-14-30(35-20-18-33)28(22-26)24-9-5-2-6-10-24/h1-14,21-22,32-33H,15-20H2. The topological polar surface area (TPSA) is 58.9 Å². The molecule has 178 valence electrons. The molecule has 0 unspecified atom stereocenters. The summed E-state index contributed by atoms with van der Waals surface area (Å²) in [7, 11) is 0. The fourth-order valence-electron chi connectivity index (χ4n) is 4.77. The summed E-state index contributed by atoms with van der Waals surface area (Å²) in [5.74, 6) is 1.56. The van der Waals surface area contributed by atoms with E-state index in [-0.39, 0.29) is 31.8 Å². The zero-order valence-corrected chi connectivity index (χ0v) is 19.7. The number of rotatable bonds is 10. The molecule has 5 rings (SSSR count). The van der Waals surface area contributed by atoms with Crippen molar-refractivity contribution in [3.63, 3.8) is 0 Å². The Kier molecular flexibility index (Phi) is 6.84. The smallest absolute Gasteiger partial charge is 0.127 e. The lowest BCUT2D eigenvalue weighted by Gasteiger charge is -2.22. The van der Waals surface area contributed by atoms with E-state index in [1.165, 1.54) is 11.1 Å². The molecule has 0 radical (unpaired) electrons. The van der Waals surface area contributed by atoms with Gasteiger partial charge in [0, 0.05) is 16.5 Å². The summed E-state index contributed by atoms with van der Waals surface area (Å²) in [5.41, 5.74) is 6.72. The Balaban J connectivity index is 1.57. The number of benzene rings is 4. The van der Waals surface area contributed by atoms with Gasteiger partial charge in [-0.15, -0.1) is 0 Å². The second-order valence-electron chi connectivity index (χ2n) is 8.88. The quantitative estimate of drug-likeness (QED) is 0.308. The Labute approximate surface area is 206 Å². The SMILES string of the molecule is OCCOc1ccc(C2(c3ccc(OCCO)c(-c4ccccc4)c3)CC2)cc1-c1ccccc1.